The highest BCUT2D eigenvalue weighted by atomic mass is 16.5. The van der Waals surface area contributed by atoms with Gasteiger partial charge >= 0.3 is 0 Å². The quantitative estimate of drug-likeness (QED) is 0.627. The molecule has 3 atom stereocenters. The number of aliphatic hydroxyl groups is 1. The molecule has 64 valence electrons. The molecule has 1 aliphatic heterocycles. The van der Waals surface area contributed by atoms with E-state index in [-0.39, 0.29) is 18.3 Å². The summed E-state index contributed by atoms with van der Waals surface area (Å²) in [6, 6.07) is 0. The van der Waals surface area contributed by atoms with Gasteiger partial charge in [-0.15, -0.1) is 6.58 Å². The van der Waals surface area contributed by atoms with Gasteiger partial charge in [-0.3, -0.25) is 0 Å². The van der Waals surface area contributed by atoms with E-state index in [2.05, 4.69) is 6.58 Å². The van der Waals surface area contributed by atoms with Crippen LogP contribution in [0.3, 0.4) is 0 Å². The minimum absolute atomic E-state index is 0.0444. The Hall–Kier alpha value is -0.340. The minimum atomic E-state index is -0.292. The lowest BCUT2D eigenvalue weighted by molar-refractivity contribution is -0.0216. The molecular formula is C9H16O2. The highest BCUT2D eigenvalue weighted by molar-refractivity contribution is 4.88. The molecule has 0 aromatic carbocycles. The zero-order chi connectivity index (χ0) is 8.27. The average molecular weight is 156 g/mol. The van der Waals surface area contributed by atoms with Crippen LogP contribution in [-0.2, 0) is 4.74 Å². The summed E-state index contributed by atoms with van der Waals surface area (Å²) in [5, 5.41) is 9.41. The second-order valence-electron chi connectivity index (χ2n) is 3.00. The zero-order valence-electron chi connectivity index (χ0n) is 6.99. The zero-order valence-corrected chi connectivity index (χ0v) is 6.99. The lowest BCUT2D eigenvalue weighted by Crippen LogP contribution is -2.25. The van der Waals surface area contributed by atoms with Crippen LogP contribution in [0.4, 0.5) is 0 Å². The molecule has 1 N–H and O–H groups in total. The number of hydrogen-bond acceptors (Lipinski definition) is 2. The molecule has 0 aliphatic carbocycles. The Morgan fingerprint density at radius 3 is 2.91 bits per heavy atom. The van der Waals surface area contributed by atoms with Crippen molar-refractivity contribution in [1.29, 1.82) is 0 Å². The third kappa shape index (κ3) is 2.04. The normalized spacial score (nSPS) is 33.6. The second kappa shape index (κ2) is 3.88. The summed E-state index contributed by atoms with van der Waals surface area (Å²) in [5.41, 5.74) is 0. The molecule has 0 amide bonds. The van der Waals surface area contributed by atoms with Gasteiger partial charge in [0.2, 0.25) is 0 Å². The molecule has 0 saturated carbocycles. The highest BCUT2D eigenvalue weighted by Gasteiger charge is 2.27. The van der Waals surface area contributed by atoms with Crippen molar-refractivity contribution in [3.05, 3.63) is 12.7 Å². The number of aliphatic hydroxyl groups excluding tert-OH is 1. The molecule has 0 aromatic heterocycles. The van der Waals surface area contributed by atoms with Gasteiger partial charge in [-0.05, 0) is 19.3 Å². The highest BCUT2D eigenvalue weighted by Crippen LogP contribution is 2.23. The molecular weight excluding hydrogens is 140 g/mol. The van der Waals surface area contributed by atoms with Crippen LogP contribution in [0, 0.1) is 0 Å². The molecule has 0 spiro atoms. The van der Waals surface area contributed by atoms with Gasteiger partial charge in [0.05, 0.1) is 18.3 Å². The van der Waals surface area contributed by atoms with Crippen molar-refractivity contribution < 1.29 is 9.84 Å². The maximum atomic E-state index is 9.41. The first-order chi connectivity index (χ1) is 5.27. The van der Waals surface area contributed by atoms with Gasteiger partial charge in [-0.1, -0.05) is 13.0 Å². The van der Waals surface area contributed by atoms with E-state index in [0.29, 0.717) is 0 Å². The van der Waals surface area contributed by atoms with Crippen molar-refractivity contribution >= 4 is 0 Å². The van der Waals surface area contributed by atoms with Crippen molar-refractivity contribution in [3.8, 4) is 0 Å². The van der Waals surface area contributed by atoms with Gasteiger partial charge < -0.3 is 9.84 Å². The van der Waals surface area contributed by atoms with E-state index in [4.69, 9.17) is 4.74 Å². The van der Waals surface area contributed by atoms with E-state index in [0.717, 1.165) is 19.3 Å². The Kier molecular flexibility index (Phi) is 3.09. The van der Waals surface area contributed by atoms with E-state index < -0.39 is 0 Å². The minimum Gasteiger partial charge on any atom is -0.390 e. The fraction of sp³-hybridized carbons (Fsp3) is 0.778. The smallest absolute Gasteiger partial charge is 0.0842 e. The Morgan fingerprint density at radius 2 is 2.45 bits per heavy atom. The van der Waals surface area contributed by atoms with Crippen LogP contribution >= 0.6 is 0 Å². The van der Waals surface area contributed by atoms with Crippen molar-refractivity contribution in [1.82, 2.24) is 0 Å². The molecule has 1 heterocycles. The Morgan fingerprint density at radius 1 is 1.73 bits per heavy atom. The van der Waals surface area contributed by atoms with Crippen LogP contribution in [0.25, 0.3) is 0 Å². The maximum absolute atomic E-state index is 9.41. The third-order valence-corrected chi connectivity index (χ3v) is 2.20. The maximum Gasteiger partial charge on any atom is 0.0842 e. The molecule has 1 unspecified atom stereocenters. The largest absolute Gasteiger partial charge is 0.390 e. The predicted octanol–water partition coefficient (Wildman–Crippen LogP) is 1.49. The third-order valence-electron chi connectivity index (χ3n) is 2.20. The summed E-state index contributed by atoms with van der Waals surface area (Å²) in [7, 11) is 0. The van der Waals surface area contributed by atoms with Crippen LogP contribution in [0.15, 0.2) is 12.7 Å². The molecule has 11 heavy (non-hydrogen) atoms. The van der Waals surface area contributed by atoms with Gasteiger partial charge in [-0.2, -0.15) is 0 Å². The van der Waals surface area contributed by atoms with Gasteiger partial charge in [0.15, 0.2) is 0 Å². The summed E-state index contributed by atoms with van der Waals surface area (Å²) < 4.78 is 5.50. The van der Waals surface area contributed by atoms with Crippen LogP contribution in [0.2, 0.25) is 0 Å². The van der Waals surface area contributed by atoms with Crippen molar-refractivity contribution in [3.63, 3.8) is 0 Å². The predicted molar refractivity (Wildman–Crippen MR) is 44.4 cm³/mol. The van der Waals surface area contributed by atoms with E-state index >= 15 is 0 Å². The Bertz CT molecular complexity index is 134. The molecule has 1 rings (SSSR count). The fourth-order valence-corrected chi connectivity index (χ4v) is 1.41. The molecule has 2 heteroatoms. The van der Waals surface area contributed by atoms with Gasteiger partial charge in [-0.25, -0.2) is 0 Å². The molecule has 0 bridgehead atoms. The van der Waals surface area contributed by atoms with Crippen molar-refractivity contribution in [2.24, 2.45) is 0 Å². The summed E-state index contributed by atoms with van der Waals surface area (Å²) in [6.07, 6.45) is 4.47. The first-order valence-corrected chi connectivity index (χ1v) is 4.24. The molecule has 0 radical (unpaired) electrons. The van der Waals surface area contributed by atoms with E-state index in [1.807, 2.05) is 13.0 Å². The summed E-state index contributed by atoms with van der Waals surface area (Å²) >= 11 is 0. The first kappa shape index (κ1) is 8.75. The van der Waals surface area contributed by atoms with Crippen LogP contribution < -0.4 is 0 Å². The van der Waals surface area contributed by atoms with Crippen molar-refractivity contribution in [2.45, 2.75) is 44.5 Å². The van der Waals surface area contributed by atoms with Crippen LogP contribution in [0.5, 0.6) is 0 Å². The monoisotopic (exact) mass is 156 g/mol. The number of hydrogen-bond donors (Lipinski definition) is 1. The average Bonchev–Trinajstić information content (AvgIpc) is 2.50. The molecule has 2 nitrogen and oxygen atoms in total. The topological polar surface area (TPSA) is 29.5 Å². The lowest BCUT2D eigenvalue weighted by atomic mass is 10.1. The molecule has 1 aliphatic rings. The first-order valence-electron chi connectivity index (χ1n) is 4.24. The van der Waals surface area contributed by atoms with Crippen LogP contribution in [0.1, 0.15) is 26.2 Å². The summed E-state index contributed by atoms with van der Waals surface area (Å²) in [6.45, 7) is 5.62. The van der Waals surface area contributed by atoms with E-state index in [9.17, 15) is 5.11 Å². The van der Waals surface area contributed by atoms with Gasteiger partial charge in [0.25, 0.3) is 0 Å². The lowest BCUT2D eigenvalue weighted by Gasteiger charge is -2.16. The number of ether oxygens (including phenoxy) is 1. The van der Waals surface area contributed by atoms with E-state index in [1.165, 1.54) is 0 Å². The summed E-state index contributed by atoms with van der Waals surface area (Å²) in [4.78, 5) is 0. The molecule has 1 fully saturated rings. The van der Waals surface area contributed by atoms with Gasteiger partial charge in [0, 0.05) is 0 Å². The SMILES string of the molecule is C=C[C@@H]1CC[C@H](C(O)CC)O1. The van der Waals surface area contributed by atoms with Crippen LogP contribution in [-0.4, -0.2) is 23.4 Å². The molecule has 1 saturated heterocycles. The van der Waals surface area contributed by atoms with E-state index in [1.54, 1.807) is 0 Å². The fourth-order valence-electron chi connectivity index (χ4n) is 1.41. The second-order valence-corrected chi connectivity index (χ2v) is 3.00. The Labute approximate surface area is 67.9 Å². The summed E-state index contributed by atoms with van der Waals surface area (Å²) in [5.74, 6) is 0. The standard InChI is InChI=1S/C9H16O2/c1-3-7-5-6-9(11-7)8(10)4-2/h3,7-10H,1,4-6H2,2H3/t7-,8?,9-/m1/s1. The Balaban J connectivity index is 2.34. The number of rotatable bonds is 3. The molecule has 0 aromatic rings. The van der Waals surface area contributed by atoms with Gasteiger partial charge in [0.1, 0.15) is 0 Å². The van der Waals surface area contributed by atoms with Crippen molar-refractivity contribution in [2.75, 3.05) is 0 Å².